The number of fused-ring (bicyclic) bond motifs is 1. The number of benzene rings is 1. The quantitative estimate of drug-likeness (QED) is 0.722. The van der Waals surface area contributed by atoms with Gasteiger partial charge in [0.15, 0.2) is 0 Å². The second-order valence-electron chi connectivity index (χ2n) is 4.49. The zero-order valence-electron chi connectivity index (χ0n) is 11.1. The monoisotopic (exact) mass is 262 g/mol. The van der Waals surface area contributed by atoms with Crippen molar-refractivity contribution >= 4 is 23.2 Å². The van der Waals surface area contributed by atoms with Gasteiger partial charge in [-0.2, -0.15) is 0 Å². The molecule has 2 amide bonds. The van der Waals surface area contributed by atoms with Crippen molar-refractivity contribution in [2.45, 2.75) is 6.04 Å². The molecule has 0 bridgehead atoms. The normalized spacial score (nSPS) is 16.6. The van der Waals surface area contributed by atoms with E-state index in [1.807, 2.05) is 24.3 Å². The Morgan fingerprint density at radius 3 is 2.74 bits per heavy atom. The van der Waals surface area contributed by atoms with E-state index in [0.717, 1.165) is 11.4 Å². The van der Waals surface area contributed by atoms with Crippen LogP contribution in [0.1, 0.15) is 0 Å². The molecule has 0 saturated heterocycles. The predicted octanol–water partition coefficient (Wildman–Crippen LogP) is 0.0970. The van der Waals surface area contributed by atoms with Crippen molar-refractivity contribution in [3.05, 3.63) is 24.3 Å². The van der Waals surface area contributed by atoms with E-state index in [1.54, 1.807) is 14.1 Å². The van der Waals surface area contributed by atoms with Gasteiger partial charge >= 0.3 is 0 Å². The van der Waals surface area contributed by atoms with Gasteiger partial charge in [-0.15, -0.1) is 0 Å². The first-order valence-corrected chi connectivity index (χ1v) is 6.17. The lowest BCUT2D eigenvalue weighted by Gasteiger charge is -2.30. The lowest BCUT2D eigenvalue weighted by atomic mass is 10.1. The Labute approximate surface area is 112 Å². The summed E-state index contributed by atoms with van der Waals surface area (Å²) in [5.41, 5.74) is 1.89. The Hall–Kier alpha value is -2.24. The summed E-state index contributed by atoms with van der Waals surface area (Å²) < 4.78 is 0. The Morgan fingerprint density at radius 2 is 2.05 bits per heavy atom. The molecule has 1 aliphatic rings. The molecule has 1 aromatic rings. The minimum Gasteiger partial charge on any atom is -0.381 e. The number of carbonyl (C=O) groups is 2. The number of hydrogen-bond acceptors (Lipinski definition) is 4. The number of rotatable bonds is 3. The first kappa shape index (κ1) is 13.2. The van der Waals surface area contributed by atoms with Gasteiger partial charge in [0.25, 0.3) is 0 Å². The van der Waals surface area contributed by atoms with E-state index < -0.39 is 0 Å². The van der Waals surface area contributed by atoms with Crippen molar-refractivity contribution in [2.75, 3.05) is 37.8 Å². The molecule has 1 aromatic carbocycles. The third-order valence-corrected chi connectivity index (χ3v) is 3.09. The standard InChI is InChI=1S/C13H18N4O2/c1-14-12(18)8-17(2)13(19)11-7-15-9-5-3-4-6-10(9)16-11/h3-6,11,15-16H,7-8H2,1-2H3,(H,14,18). The highest BCUT2D eigenvalue weighted by molar-refractivity contribution is 5.91. The average molecular weight is 262 g/mol. The zero-order valence-corrected chi connectivity index (χ0v) is 11.1. The molecular formula is C13H18N4O2. The van der Waals surface area contributed by atoms with Crippen molar-refractivity contribution in [3.63, 3.8) is 0 Å². The number of carbonyl (C=O) groups excluding carboxylic acids is 2. The molecule has 0 fully saturated rings. The lowest BCUT2D eigenvalue weighted by Crippen LogP contribution is -2.49. The molecule has 0 saturated carbocycles. The van der Waals surface area contributed by atoms with Gasteiger partial charge in [0.2, 0.25) is 11.8 Å². The van der Waals surface area contributed by atoms with Crippen LogP contribution in [0, 0.1) is 0 Å². The van der Waals surface area contributed by atoms with E-state index in [1.165, 1.54) is 4.90 Å². The Bertz CT molecular complexity index is 489. The molecule has 19 heavy (non-hydrogen) atoms. The molecular weight excluding hydrogens is 244 g/mol. The fourth-order valence-corrected chi connectivity index (χ4v) is 2.00. The largest absolute Gasteiger partial charge is 0.381 e. The SMILES string of the molecule is CNC(=O)CN(C)C(=O)C1CNc2ccccc2N1. The summed E-state index contributed by atoms with van der Waals surface area (Å²) in [5, 5.41) is 8.89. The van der Waals surface area contributed by atoms with Gasteiger partial charge in [0.1, 0.15) is 6.04 Å². The maximum absolute atomic E-state index is 12.2. The number of likely N-dealkylation sites (N-methyl/N-ethyl adjacent to an activating group) is 2. The van der Waals surface area contributed by atoms with Crippen molar-refractivity contribution in [1.29, 1.82) is 0 Å². The summed E-state index contributed by atoms with van der Waals surface area (Å²) in [4.78, 5) is 24.9. The van der Waals surface area contributed by atoms with Crippen molar-refractivity contribution in [1.82, 2.24) is 10.2 Å². The van der Waals surface area contributed by atoms with E-state index in [0.29, 0.717) is 6.54 Å². The van der Waals surface area contributed by atoms with Gasteiger partial charge in [-0.05, 0) is 12.1 Å². The van der Waals surface area contributed by atoms with Crippen molar-refractivity contribution in [2.24, 2.45) is 0 Å². The van der Waals surface area contributed by atoms with Crippen LogP contribution in [0.15, 0.2) is 24.3 Å². The maximum Gasteiger partial charge on any atom is 0.247 e. The molecule has 0 radical (unpaired) electrons. The third kappa shape index (κ3) is 2.96. The molecule has 0 spiro atoms. The number of hydrogen-bond donors (Lipinski definition) is 3. The van der Waals surface area contributed by atoms with Crippen LogP contribution in [0.3, 0.4) is 0 Å². The minimum atomic E-state index is -0.357. The van der Waals surface area contributed by atoms with E-state index >= 15 is 0 Å². The van der Waals surface area contributed by atoms with Gasteiger partial charge in [-0.3, -0.25) is 9.59 Å². The van der Waals surface area contributed by atoms with E-state index in [-0.39, 0.29) is 24.4 Å². The van der Waals surface area contributed by atoms with Crippen LogP contribution in [-0.4, -0.2) is 49.9 Å². The fourth-order valence-electron chi connectivity index (χ4n) is 2.00. The average Bonchev–Trinajstić information content (AvgIpc) is 2.45. The van der Waals surface area contributed by atoms with Gasteiger partial charge in [-0.1, -0.05) is 12.1 Å². The van der Waals surface area contributed by atoms with E-state index in [2.05, 4.69) is 16.0 Å². The van der Waals surface area contributed by atoms with Crippen LogP contribution in [0.2, 0.25) is 0 Å². The summed E-state index contributed by atoms with van der Waals surface area (Å²) in [6, 6.07) is 7.37. The van der Waals surface area contributed by atoms with Gasteiger partial charge in [-0.25, -0.2) is 0 Å². The van der Waals surface area contributed by atoms with Crippen molar-refractivity contribution in [3.8, 4) is 0 Å². The summed E-state index contributed by atoms with van der Waals surface area (Å²) >= 11 is 0. The number of amides is 2. The fraction of sp³-hybridized carbons (Fsp3) is 0.385. The molecule has 6 nitrogen and oxygen atoms in total. The van der Waals surface area contributed by atoms with Crippen LogP contribution in [0.5, 0.6) is 0 Å². The van der Waals surface area contributed by atoms with Crippen LogP contribution >= 0.6 is 0 Å². The summed E-state index contributed by atoms with van der Waals surface area (Å²) in [5.74, 6) is -0.286. The van der Waals surface area contributed by atoms with E-state index in [9.17, 15) is 9.59 Å². The molecule has 0 aliphatic carbocycles. The van der Waals surface area contributed by atoms with Crippen LogP contribution in [0.4, 0.5) is 11.4 Å². The Balaban J connectivity index is 2.00. The molecule has 1 aliphatic heterocycles. The molecule has 1 unspecified atom stereocenters. The summed E-state index contributed by atoms with van der Waals surface area (Å²) in [6.45, 7) is 0.573. The number of anilines is 2. The second kappa shape index (κ2) is 5.60. The molecule has 2 rings (SSSR count). The Kier molecular flexibility index (Phi) is 3.89. The van der Waals surface area contributed by atoms with Gasteiger partial charge in [0, 0.05) is 20.6 Å². The first-order chi connectivity index (χ1) is 9.11. The molecule has 6 heteroatoms. The third-order valence-electron chi connectivity index (χ3n) is 3.09. The summed E-state index contributed by atoms with van der Waals surface area (Å²) in [6.07, 6.45) is 0. The highest BCUT2D eigenvalue weighted by Crippen LogP contribution is 2.25. The first-order valence-electron chi connectivity index (χ1n) is 6.17. The summed E-state index contributed by atoms with van der Waals surface area (Å²) in [7, 11) is 3.18. The van der Waals surface area contributed by atoms with E-state index in [4.69, 9.17) is 0 Å². The minimum absolute atomic E-state index is 0.0646. The van der Waals surface area contributed by atoms with Crippen LogP contribution in [-0.2, 0) is 9.59 Å². The molecule has 3 N–H and O–H groups in total. The predicted molar refractivity (Wildman–Crippen MR) is 74.0 cm³/mol. The second-order valence-corrected chi connectivity index (χ2v) is 4.49. The molecule has 102 valence electrons. The highest BCUT2D eigenvalue weighted by atomic mass is 16.2. The Morgan fingerprint density at radius 1 is 1.37 bits per heavy atom. The lowest BCUT2D eigenvalue weighted by molar-refractivity contribution is -0.134. The van der Waals surface area contributed by atoms with Gasteiger partial charge < -0.3 is 20.9 Å². The van der Waals surface area contributed by atoms with Crippen LogP contribution in [0.25, 0.3) is 0 Å². The van der Waals surface area contributed by atoms with Gasteiger partial charge in [0.05, 0.1) is 17.9 Å². The molecule has 0 aromatic heterocycles. The molecule has 1 heterocycles. The number of nitrogens with one attached hydrogen (secondary N) is 3. The highest BCUT2D eigenvalue weighted by Gasteiger charge is 2.26. The number of para-hydroxylation sites is 2. The smallest absolute Gasteiger partial charge is 0.247 e. The number of nitrogens with zero attached hydrogens (tertiary/aromatic N) is 1. The zero-order chi connectivity index (χ0) is 13.8. The van der Waals surface area contributed by atoms with Crippen molar-refractivity contribution < 1.29 is 9.59 Å². The maximum atomic E-state index is 12.2. The molecule has 1 atom stereocenters. The topological polar surface area (TPSA) is 73.5 Å². The van der Waals surface area contributed by atoms with Crippen LogP contribution < -0.4 is 16.0 Å².